The van der Waals surface area contributed by atoms with Crippen molar-refractivity contribution in [3.05, 3.63) is 59.9 Å². The largest absolute Gasteiger partial charge is 0.435 e. The van der Waals surface area contributed by atoms with Crippen molar-refractivity contribution in [3.63, 3.8) is 0 Å². The van der Waals surface area contributed by atoms with Crippen LogP contribution in [0.3, 0.4) is 0 Å². The molecule has 0 spiro atoms. The summed E-state index contributed by atoms with van der Waals surface area (Å²) in [4.78, 5) is 13.1. The third-order valence-electron chi connectivity index (χ3n) is 6.87. The predicted octanol–water partition coefficient (Wildman–Crippen LogP) is 4.14. The number of sulfonamides is 1. The molecule has 2 aliphatic rings. The number of rotatable bonds is 9. The number of piperidine rings is 1. The van der Waals surface area contributed by atoms with Gasteiger partial charge in [-0.25, -0.2) is 32.5 Å². The molecule has 1 aliphatic heterocycles. The van der Waals surface area contributed by atoms with Crippen molar-refractivity contribution in [2.24, 2.45) is 0 Å². The fourth-order valence-corrected chi connectivity index (χ4v) is 6.34. The van der Waals surface area contributed by atoms with E-state index in [1.807, 2.05) is 0 Å². The van der Waals surface area contributed by atoms with Gasteiger partial charge < -0.3 is 15.4 Å². The van der Waals surface area contributed by atoms with Gasteiger partial charge in [-0.05, 0) is 56.5 Å². The molecule has 0 radical (unpaired) electrons. The highest BCUT2D eigenvalue weighted by Gasteiger charge is 2.29. The van der Waals surface area contributed by atoms with Crippen molar-refractivity contribution < 1.29 is 21.9 Å². The Labute approximate surface area is 220 Å². The van der Waals surface area contributed by atoms with Crippen LogP contribution >= 0.6 is 0 Å². The van der Waals surface area contributed by atoms with Crippen LogP contribution in [0.4, 0.5) is 14.7 Å². The molecule has 0 amide bonds. The van der Waals surface area contributed by atoms with E-state index in [-0.39, 0.29) is 29.8 Å². The average Bonchev–Trinajstić information content (AvgIpc) is 3.48. The number of hydrogen-bond donors (Lipinski definition) is 3. The fraction of sp³-hybridized carbons (Fsp3) is 0.423. The summed E-state index contributed by atoms with van der Waals surface area (Å²) in [6.45, 7) is 1.46. The third kappa shape index (κ3) is 6.08. The number of halogens is 2. The first kappa shape index (κ1) is 26.4. The minimum absolute atomic E-state index is 0.0458. The van der Waals surface area contributed by atoms with Gasteiger partial charge in [0.05, 0.1) is 16.5 Å². The first-order valence-corrected chi connectivity index (χ1v) is 14.3. The number of anilines is 1. The van der Waals surface area contributed by atoms with Gasteiger partial charge in [0.2, 0.25) is 27.7 Å². The summed E-state index contributed by atoms with van der Waals surface area (Å²) in [6, 6.07) is 7.87. The number of benzene rings is 1. The van der Waals surface area contributed by atoms with E-state index in [9.17, 15) is 17.2 Å². The molecule has 0 bridgehead atoms. The maximum atomic E-state index is 15.0. The second kappa shape index (κ2) is 11.7. The number of aromatic nitrogens is 3. The summed E-state index contributed by atoms with van der Waals surface area (Å²) in [5, 5.41) is 6.16. The fourth-order valence-electron chi connectivity index (χ4n) is 4.79. The van der Waals surface area contributed by atoms with E-state index in [1.165, 1.54) is 18.3 Å². The first-order valence-electron chi connectivity index (χ1n) is 12.8. The number of nitrogens with zero attached hydrogens (tertiary/aromatic N) is 3. The average molecular weight is 545 g/mol. The van der Waals surface area contributed by atoms with Gasteiger partial charge in [0, 0.05) is 37.1 Å². The topological polar surface area (TPSA) is 118 Å². The van der Waals surface area contributed by atoms with Crippen LogP contribution in [0.15, 0.2) is 42.7 Å². The smallest absolute Gasteiger partial charge is 0.228 e. The summed E-state index contributed by atoms with van der Waals surface area (Å²) < 4.78 is 62.8. The zero-order valence-corrected chi connectivity index (χ0v) is 21.6. The monoisotopic (exact) mass is 544 g/mol. The maximum absolute atomic E-state index is 15.0. The molecule has 202 valence electrons. The Hall–Kier alpha value is -3.22. The number of pyridine rings is 1. The molecule has 0 unspecified atom stereocenters. The van der Waals surface area contributed by atoms with E-state index >= 15 is 0 Å². The van der Waals surface area contributed by atoms with Gasteiger partial charge >= 0.3 is 0 Å². The highest BCUT2D eigenvalue weighted by Crippen LogP contribution is 2.33. The minimum Gasteiger partial charge on any atom is -0.435 e. The molecule has 2 fully saturated rings. The van der Waals surface area contributed by atoms with E-state index in [0.29, 0.717) is 30.0 Å². The lowest BCUT2D eigenvalue weighted by atomic mass is 10.1. The van der Waals surface area contributed by atoms with Crippen LogP contribution in [0.25, 0.3) is 11.3 Å². The van der Waals surface area contributed by atoms with Gasteiger partial charge in [-0.15, -0.1) is 0 Å². The van der Waals surface area contributed by atoms with Crippen molar-refractivity contribution >= 4 is 16.0 Å². The number of hydrogen-bond acceptors (Lipinski definition) is 8. The van der Waals surface area contributed by atoms with E-state index in [1.54, 1.807) is 24.4 Å². The molecular weight excluding hydrogens is 514 g/mol. The molecule has 3 aromatic rings. The zero-order chi connectivity index (χ0) is 26.5. The molecule has 3 N–H and O–H groups in total. The Bertz CT molecular complexity index is 1380. The van der Waals surface area contributed by atoms with Crippen LogP contribution < -0.4 is 20.1 Å². The van der Waals surface area contributed by atoms with Gasteiger partial charge in [0.15, 0.2) is 11.6 Å². The number of nitrogens with one attached hydrogen (secondary N) is 3. The summed E-state index contributed by atoms with van der Waals surface area (Å²) >= 11 is 0. The van der Waals surface area contributed by atoms with Crippen molar-refractivity contribution in [1.82, 2.24) is 25.0 Å². The van der Waals surface area contributed by atoms with Gasteiger partial charge in [-0.2, -0.15) is 4.39 Å². The molecule has 12 heteroatoms. The lowest BCUT2D eigenvalue weighted by molar-refractivity contribution is 0.403. The van der Waals surface area contributed by atoms with E-state index in [4.69, 9.17) is 4.74 Å². The van der Waals surface area contributed by atoms with Crippen molar-refractivity contribution in [1.29, 1.82) is 0 Å². The summed E-state index contributed by atoms with van der Waals surface area (Å²) in [5.41, 5.74) is 0.877. The standard InChI is InChI=1S/C26H30F2N6O3S/c27-23-17(15-32-38(35,36)19-6-1-2-7-19)9-10-22(24(23)28)37-25-20(8-4-13-30-25)21-11-14-31-26(34-21)33-18-5-3-12-29-16-18/h4,8-11,13-14,18-19,29,32H,1-3,5-7,12,15-16H2,(H,31,33,34)/t18-/m0/s1. The van der Waals surface area contributed by atoms with Crippen LogP contribution in [0.5, 0.6) is 11.6 Å². The molecule has 1 aliphatic carbocycles. The summed E-state index contributed by atoms with van der Waals surface area (Å²) in [7, 11) is -3.60. The first-order chi connectivity index (χ1) is 18.4. The van der Waals surface area contributed by atoms with E-state index < -0.39 is 26.9 Å². The molecule has 1 saturated carbocycles. The van der Waals surface area contributed by atoms with Crippen LogP contribution in [-0.2, 0) is 16.6 Å². The van der Waals surface area contributed by atoms with E-state index in [2.05, 4.69) is 30.3 Å². The highest BCUT2D eigenvalue weighted by molar-refractivity contribution is 7.90. The van der Waals surface area contributed by atoms with Crippen LogP contribution in [-0.4, -0.2) is 47.8 Å². The minimum atomic E-state index is -3.60. The van der Waals surface area contributed by atoms with Gasteiger partial charge in [-0.3, -0.25) is 0 Å². The molecule has 3 heterocycles. The molecule has 2 aromatic heterocycles. The zero-order valence-electron chi connectivity index (χ0n) is 20.8. The highest BCUT2D eigenvalue weighted by atomic mass is 32.2. The Balaban J connectivity index is 1.32. The van der Waals surface area contributed by atoms with Crippen LogP contribution in [0.2, 0.25) is 0 Å². The Morgan fingerprint density at radius 1 is 1.00 bits per heavy atom. The lowest BCUT2D eigenvalue weighted by Gasteiger charge is -2.23. The normalized spacial score (nSPS) is 18.4. The van der Waals surface area contributed by atoms with Gasteiger partial charge in [0.1, 0.15) is 0 Å². The van der Waals surface area contributed by atoms with Crippen molar-refractivity contribution in [3.8, 4) is 22.9 Å². The molecule has 5 rings (SSSR count). The second-order valence-electron chi connectivity index (χ2n) is 9.53. The summed E-state index contributed by atoms with van der Waals surface area (Å²) in [5.74, 6) is -2.28. The molecule has 1 atom stereocenters. The Morgan fingerprint density at radius 2 is 1.84 bits per heavy atom. The SMILES string of the molecule is O=S(=O)(NCc1ccc(Oc2ncccc2-c2ccnc(N[C@H]3CCCNC3)n2)c(F)c1F)C1CCCC1. The van der Waals surface area contributed by atoms with Gasteiger partial charge in [0.25, 0.3) is 0 Å². The molecule has 38 heavy (non-hydrogen) atoms. The van der Waals surface area contributed by atoms with Crippen LogP contribution in [0, 0.1) is 11.6 Å². The maximum Gasteiger partial charge on any atom is 0.228 e. The molecule has 1 aromatic carbocycles. The second-order valence-corrected chi connectivity index (χ2v) is 11.6. The molecule has 9 nitrogen and oxygen atoms in total. The van der Waals surface area contributed by atoms with Gasteiger partial charge in [-0.1, -0.05) is 18.9 Å². The van der Waals surface area contributed by atoms with Crippen molar-refractivity contribution in [2.75, 3.05) is 18.4 Å². The lowest BCUT2D eigenvalue weighted by Crippen LogP contribution is -2.38. The Kier molecular flexibility index (Phi) is 8.10. The van der Waals surface area contributed by atoms with E-state index in [0.717, 1.165) is 38.8 Å². The Morgan fingerprint density at radius 3 is 2.63 bits per heavy atom. The predicted molar refractivity (Wildman–Crippen MR) is 139 cm³/mol. The van der Waals surface area contributed by atoms with Crippen LogP contribution in [0.1, 0.15) is 44.1 Å². The van der Waals surface area contributed by atoms with Crippen molar-refractivity contribution in [2.45, 2.75) is 56.4 Å². The third-order valence-corrected chi connectivity index (χ3v) is 8.77. The molecule has 1 saturated heterocycles. The summed E-state index contributed by atoms with van der Waals surface area (Å²) in [6.07, 6.45) is 8.00. The quantitative estimate of drug-likeness (QED) is 0.368. The number of ether oxygens (including phenoxy) is 1. The molecular formula is C26H30F2N6O3S.